The molecular formula is C15H25NO2. The molecule has 0 heterocycles. The molecule has 0 spiro atoms. The molecule has 0 aromatic rings. The van der Waals surface area contributed by atoms with Crippen LogP contribution in [0.2, 0.25) is 0 Å². The van der Waals surface area contributed by atoms with Gasteiger partial charge in [0.15, 0.2) is 0 Å². The molecule has 4 aliphatic rings. The molecule has 0 amide bonds. The Morgan fingerprint density at radius 2 is 1.61 bits per heavy atom. The van der Waals surface area contributed by atoms with E-state index in [9.17, 15) is 9.90 Å². The lowest BCUT2D eigenvalue weighted by Gasteiger charge is -2.60. The van der Waals surface area contributed by atoms with Crippen LogP contribution >= 0.6 is 0 Å². The van der Waals surface area contributed by atoms with Crippen LogP contribution in [0.5, 0.6) is 0 Å². The lowest BCUT2D eigenvalue weighted by atomic mass is 9.47. The van der Waals surface area contributed by atoms with E-state index in [1.54, 1.807) is 0 Å². The van der Waals surface area contributed by atoms with E-state index in [4.69, 9.17) is 0 Å². The summed E-state index contributed by atoms with van der Waals surface area (Å²) < 4.78 is 0. The third kappa shape index (κ3) is 1.97. The molecule has 1 unspecified atom stereocenters. The Morgan fingerprint density at radius 3 is 1.94 bits per heavy atom. The Balaban J connectivity index is 1.86. The van der Waals surface area contributed by atoms with Crippen LogP contribution < -0.4 is 0 Å². The third-order valence-corrected chi connectivity index (χ3v) is 5.78. The second-order valence-corrected chi connectivity index (χ2v) is 7.36. The molecule has 1 N–H and O–H groups in total. The van der Waals surface area contributed by atoms with Crippen molar-refractivity contribution in [3.8, 4) is 0 Å². The second-order valence-electron chi connectivity index (χ2n) is 7.36. The van der Waals surface area contributed by atoms with Gasteiger partial charge in [-0.3, -0.25) is 4.79 Å². The highest BCUT2D eigenvalue weighted by molar-refractivity contribution is 5.67. The van der Waals surface area contributed by atoms with Gasteiger partial charge in [0.1, 0.15) is 0 Å². The Hall–Kier alpha value is -0.570. The first-order valence-corrected chi connectivity index (χ1v) is 7.37. The SMILES string of the molecule is CN(C)C(CC(=O)O)C12CC3CC(CC(C3)C1)C2. The summed E-state index contributed by atoms with van der Waals surface area (Å²) in [6.07, 6.45) is 8.45. The summed E-state index contributed by atoms with van der Waals surface area (Å²) in [5, 5.41) is 9.21. The van der Waals surface area contributed by atoms with Gasteiger partial charge in [-0.2, -0.15) is 0 Å². The molecule has 4 fully saturated rings. The molecular weight excluding hydrogens is 226 g/mol. The molecule has 0 aromatic heterocycles. The van der Waals surface area contributed by atoms with E-state index in [-0.39, 0.29) is 6.04 Å². The van der Waals surface area contributed by atoms with Gasteiger partial charge in [0.2, 0.25) is 0 Å². The van der Waals surface area contributed by atoms with Gasteiger partial charge in [-0.15, -0.1) is 0 Å². The summed E-state index contributed by atoms with van der Waals surface area (Å²) in [7, 11) is 4.12. The lowest BCUT2D eigenvalue weighted by molar-refractivity contribution is -0.144. The number of aliphatic carboxylic acids is 1. The molecule has 0 aromatic carbocycles. The molecule has 4 saturated carbocycles. The first kappa shape index (κ1) is 12.5. The quantitative estimate of drug-likeness (QED) is 0.835. The highest BCUT2D eigenvalue weighted by atomic mass is 16.4. The largest absolute Gasteiger partial charge is 0.481 e. The molecule has 4 bridgehead atoms. The Morgan fingerprint density at radius 1 is 1.17 bits per heavy atom. The Labute approximate surface area is 110 Å². The smallest absolute Gasteiger partial charge is 0.304 e. The van der Waals surface area contributed by atoms with Crippen LogP contribution in [0.25, 0.3) is 0 Å². The van der Waals surface area contributed by atoms with Crippen molar-refractivity contribution < 1.29 is 9.90 Å². The summed E-state index contributed by atoms with van der Waals surface area (Å²) in [5.74, 6) is 2.05. The topological polar surface area (TPSA) is 40.5 Å². The van der Waals surface area contributed by atoms with Crippen molar-refractivity contribution in [2.75, 3.05) is 14.1 Å². The Kier molecular flexibility index (Phi) is 2.92. The van der Waals surface area contributed by atoms with Crippen molar-refractivity contribution >= 4 is 5.97 Å². The van der Waals surface area contributed by atoms with Gasteiger partial charge < -0.3 is 10.0 Å². The molecule has 3 heteroatoms. The zero-order chi connectivity index (χ0) is 12.9. The first-order valence-electron chi connectivity index (χ1n) is 7.37. The van der Waals surface area contributed by atoms with Crippen LogP contribution in [0.1, 0.15) is 44.9 Å². The van der Waals surface area contributed by atoms with Crippen molar-refractivity contribution in [2.24, 2.45) is 23.2 Å². The van der Waals surface area contributed by atoms with Crippen LogP contribution in [0.15, 0.2) is 0 Å². The minimum absolute atomic E-state index is 0.239. The maximum absolute atomic E-state index is 11.2. The standard InChI is InChI=1S/C15H25NO2/c1-16(2)13(6-14(17)18)15-7-10-3-11(8-15)5-12(4-10)9-15/h10-13H,3-9H2,1-2H3,(H,17,18). The van der Waals surface area contributed by atoms with Crippen molar-refractivity contribution in [1.82, 2.24) is 4.90 Å². The zero-order valence-electron chi connectivity index (χ0n) is 11.6. The van der Waals surface area contributed by atoms with Gasteiger partial charge in [0, 0.05) is 6.04 Å². The normalized spacial score (nSPS) is 43.4. The second kappa shape index (κ2) is 4.22. The molecule has 4 rings (SSSR count). The van der Waals surface area contributed by atoms with Crippen LogP contribution in [-0.2, 0) is 4.79 Å². The minimum Gasteiger partial charge on any atom is -0.481 e. The summed E-state index contributed by atoms with van der Waals surface area (Å²) in [5.41, 5.74) is 0.316. The van der Waals surface area contributed by atoms with Crippen LogP contribution in [0, 0.1) is 23.2 Å². The van der Waals surface area contributed by atoms with Crippen molar-refractivity contribution in [1.29, 1.82) is 0 Å². The molecule has 0 radical (unpaired) electrons. The highest BCUT2D eigenvalue weighted by Crippen LogP contribution is 2.62. The summed E-state index contributed by atoms with van der Waals surface area (Å²) in [6.45, 7) is 0. The van der Waals surface area contributed by atoms with E-state index in [0.29, 0.717) is 11.8 Å². The number of carboxylic acids is 1. The van der Waals surface area contributed by atoms with Gasteiger partial charge in [-0.1, -0.05) is 0 Å². The maximum Gasteiger partial charge on any atom is 0.304 e. The minimum atomic E-state index is -0.635. The number of hydrogen-bond acceptors (Lipinski definition) is 2. The first-order chi connectivity index (χ1) is 8.48. The number of rotatable bonds is 4. The van der Waals surface area contributed by atoms with Gasteiger partial charge in [0.25, 0.3) is 0 Å². The fourth-order valence-electron chi connectivity index (χ4n) is 5.70. The Bertz CT molecular complexity index is 315. The molecule has 0 aliphatic heterocycles. The summed E-state index contributed by atoms with van der Waals surface area (Å²) in [6, 6.07) is 0.239. The third-order valence-electron chi connectivity index (χ3n) is 5.78. The molecule has 102 valence electrons. The highest BCUT2D eigenvalue weighted by Gasteiger charge is 2.54. The van der Waals surface area contributed by atoms with Gasteiger partial charge in [-0.25, -0.2) is 0 Å². The van der Waals surface area contributed by atoms with Crippen molar-refractivity contribution in [3.05, 3.63) is 0 Å². The predicted molar refractivity (Wildman–Crippen MR) is 70.3 cm³/mol. The number of nitrogens with zero attached hydrogens (tertiary/aromatic N) is 1. The number of hydrogen-bond donors (Lipinski definition) is 1. The molecule has 18 heavy (non-hydrogen) atoms. The maximum atomic E-state index is 11.2. The predicted octanol–water partition coefficient (Wildman–Crippen LogP) is 2.61. The molecule has 4 aliphatic carbocycles. The van der Waals surface area contributed by atoms with E-state index in [1.165, 1.54) is 38.5 Å². The van der Waals surface area contributed by atoms with E-state index in [0.717, 1.165) is 17.8 Å². The van der Waals surface area contributed by atoms with E-state index in [2.05, 4.69) is 19.0 Å². The number of carboxylic acid groups (broad SMARTS) is 1. The van der Waals surface area contributed by atoms with Gasteiger partial charge in [0.05, 0.1) is 6.42 Å². The van der Waals surface area contributed by atoms with Gasteiger partial charge in [-0.05, 0) is 75.8 Å². The number of carbonyl (C=O) groups is 1. The average Bonchev–Trinajstić information content (AvgIpc) is 2.23. The molecule has 3 nitrogen and oxygen atoms in total. The fraction of sp³-hybridized carbons (Fsp3) is 0.933. The van der Waals surface area contributed by atoms with Crippen molar-refractivity contribution in [3.63, 3.8) is 0 Å². The zero-order valence-corrected chi connectivity index (χ0v) is 11.6. The van der Waals surface area contributed by atoms with Crippen LogP contribution in [0.4, 0.5) is 0 Å². The van der Waals surface area contributed by atoms with E-state index >= 15 is 0 Å². The van der Waals surface area contributed by atoms with Crippen LogP contribution in [0.3, 0.4) is 0 Å². The van der Waals surface area contributed by atoms with Gasteiger partial charge >= 0.3 is 5.97 Å². The molecule has 1 atom stereocenters. The van der Waals surface area contributed by atoms with Crippen LogP contribution in [-0.4, -0.2) is 36.1 Å². The summed E-state index contributed by atoms with van der Waals surface area (Å²) >= 11 is 0. The van der Waals surface area contributed by atoms with Crippen molar-refractivity contribution in [2.45, 2.75) is 51.0 Å². The fourth-order valence-corrected chi connectivity index (χ4v) is 5.70. The van der Waals surface area contributed by atoms with E-state index in [1.807, 2.05) is 0 Å². The summed E-state index contributed by atoms with van der Waals surface area (Å²) in [4.78, 5) is 13.4. The molecule has 0 saturated heterocycles. The lowest BCUT2D eigenvalue weighted by Crippen LogP contribution is -2.56. The monoisotopic (exact) mass is 251 g/mol. The average molecular weight is 251 g/mol. The van der Waals surface area contributed by atoms with E-state index < -0.39 is 5.97 Å².